The fourth-order valence-electron chi connectivity index (χ4n) is 3.15. The van der Waals surface area contributed by atoms with E-state index in [0.717, 1.165) is 10.9 Å². The van der Waals surface area contributed by atoms with Gasteiger partial charge in [0.2, 0.25) is 5.75 Å². The van der Waals surface area contributed by atoms with Crippen LogP contribution in [0.25, 0.3) is 10.9 Å². The van der Waals surface area contributed by atoms with Gasteiger partial charge < -0.3 is 23.7 Å². The highest BCUT2D eigenvalue weighted by Gasteiger charge is 2.15. The number of nitrogens with zero attached hydrogens (tertiary/aromatic N) is 1. The number of carbonyl (C=O) groups excluding carboxylic acids is 1. The second kappa shape index (κ2) is 10.2. The van der Waals surface area contributed by atoms with E-state index in [1.807, 2.05) is 30.3 Å². The number of halogens is 1. The van der Waals surface area contributed by atoms with Crippen LogP contribution in [0, 0.1) is 0 Å². The first-order chi connectivity index (χ1) is 15.0. The van der Waals surface area contributed by atoms with E-state index in [1.54, 1.807) is 34.5 Å². The van der Waals surface area contributed by atoms with E-state index in [0.29, 0.717) is 40.5 Å². The normalized spacial score (nSPS) is 10.6. The topological polar surface area (TPSA) is 76.1 Å². The number of ether oxygens (including phenoxy) is 5. The van der Waals surface area contributed by atoms with Gasteiger partial charge in [0.05, 0.1) is 34.0 Å². The van der Waals surface area contributed by atoms with Crippen LogP contribution in [-0.4, -0.2) is 39.4 Å². The first kappa shape index (κ1) is 22.5. The first-order valence-corrected chi connectivity index (χ1v) is 9.94. The second-order valence-corrected chi connectivity index (χ2v) is 7.05. The quantitative estimate of drug-likeness (QED) is 0.352. The molecule has 1 heterocycles. The molecule has 0 atom stereocenters. The molecule has 0 saturated heterocycles. The van der Waals surface area contributed by atoms with Gasteiger partial charge in [0.1, 0.15) is 17.5 Å². The summed E-state index contributed by atoms with van der Waals surface area (Å²) < 4.78 is 26.6. The molecule has 0 aliphatic heterocycles. The number of pyridine rings is 1. The molecule has 3 rings (SSSR count). The Hall–Kier alpha value is -3.19. The molecule has 3 aromatic rings. The van der Waals surface area contributed by atoms with Crippen LogP contribution in [0.5, 0.6) is 23.0 Å². The molecule has 0 radical (unpaired) electrons. The highest BCUT2D eigenvalue weighted by atomic mass is 35.5. The van der Waals surface area contributed by atoms with Gasteiger partial charge >= 0.3 is 5.97 Å². The summed E-state index contributed by atoms with van der Waals surface area (Å²) in [5.74, 6) is 1.93. The number of fused-ring (bicyclic) bond motifs is 1. The molecule has 0 bridgehead atoms. The number of aromatic nitrogens is 1. The maximum atomic E-state index is 12.3. The lowest BCUT2D eigenvalue weighted by Crippen LogP contribution is -2.07. The van der Waals surface area contributed by atoms with Crippen LogP contribution in [0.15, 0.2) is 36.4 Å². The van der Waals surface area contributed by atoms with Crippen LogP contribution >= 0.6 is 11.6 Å². The zero-order valence-corrected chi connectivity index (χ0v) is 18.6. The number of rotatable bonds is 9. The van der Waals surface area contributed by atoms with Gasteiger partial charge in [-0.05, 0) is 42.3 Å². The molecule has 7 nitrogen and oxygen atoms in total. The number of hydrogen-bond donors (Lipinski definition) is 0. The van der Waals surface area contributed by atoms with Crippen LogP contribution in [0.3, 0.4) is 0 Å². The predicted octanol–water partition coefficient (Wildman–Crippen LogP) is 4.60. The van der Waals surface area contributed by atoms with Crippen LogP contribution in [0.4, 0.5) is 0 Å². The Balaban J connectivity index is 1.64. The summed E-state index contributed by atoms with van der Waals surface area (Å²) in [4.78, 5) is 16.7. The van der Waals surface area contributed by atoms with Crippen molar-refractivity contribution < 1.29 is 28.5 Å². The van der Waals surface area contributed by atoms with Gasteiger partial charge in [0.25, 0.3) is 0 Å². The Labute approximate surface area is 185 Å². The van der Waals surface area contributed by atoms with E-state index >= 15 is 0 Å². The molecule has 0 aliphatic carbocycles. The minimum atomic E-state index is -0.348. The van der Waals surface area contributed by atoms with Crippen molar-refractivity contribution in [2.45, 2.75) is 19.4 Å². The molecular weight excluding hydrogens is 422 g/mol. The summed E-state index contributed by atoms with van der Waals surface area (Å²) in [5.41, 5.74) is 2.22. The SMILES string of the molecule is COc1ccc2cc(COC(=O)CCc3cc(OC)c(OC)c(OC)c3)c(Cl)nc2c1. The molecule has 0 amide bonds. The van der Waals surface area contributed by atoms with E-state index < -0.39 is 0 Å². The minimum absolute atomic E-state index is 0.0435. The molecule has 164 valence electrons. The molecule has 0 spiro atoms. The Bertz CT molecular complexity index is 1060. The average molecular weight is 446 g/mol. The van der Waals surface area contributed by atoms with E-state index in [1.165, 1.54) is 0 Å². The summed E-state index contributed by atoms with van der Waals surface area (Å²) in [5, 5.41) is 1.17. The highest BCUT2D eigenvalue weighted by Crippen LogP contribution is 2.38. The number of benzene rings is 2. The molecule has 2 aromatic carbocycles. The van der Waals surface area contributed by atoms with Crippen LogP contribution in [0.1, 0.15) is 17.5 Å². The van der Waals surface area contributed by atoms with Gasteiger partial charge in [-0.2, -0.15) is 0 Å². The van der Waals surface area contributed by atoms with Crippen molar-refractivity contribution in [3.63, 3.8) is 0 Å². The minimum Gasteiger partial charge on any atom is -0.497 e. The highest BCUT2D eigenvalue weighted by molar-refractivity contribution is 6.30. The fraction of sp³-hybridized carbons (Fsp3) is 0.304. The summed E-state index contributed by atoms with van der Waals surface area (Å²) in [6.07, 6.45) is 0.646. The smallest absolute Gasteiger partial charge is 0.306 e. The summed E-state index contributed by atoms with van der Waals surface area (Å²) in [6.45, 7) is 0.0435. The third-order valence-corrected chi connectivity index (χ3v) is 5.11. The molecule has 0 fully saturated rings. The van der Waals surface area contributed by atoms with Crippen LogP contribution in [0.2, 0.25) is 5.15 Å². The number of hydrogen-bond acceptors (Lipinski definition) is 7. The van der Waals surface area contributed by atoms with Gasteiger partial charge in [0, 0.05) is 23.4 Å². The predicted molar refractivity (Wildman–Crippen MR) is 118 cm³/mol. The van der Waals surface area contributed by atoms with Crippen molar-refractivity contribution in [2.75, 3.05) is 28.4 Å². The van der Waals surface area contributed by atoms with Crippen molar-refractivity contribution in [1.82, 2.24) is 4.98 Å². The fourth-order valence-corrected chi connectivity index (χ4v) is 3.35. The standard InChI is InChI=1S/C23H24ClNO6/c1-27-17-7-6-15-11-16(23(24)25-18(15)12-17)13-31-21(26)8-5-14-9-19(28-2)22(30-4)20(10-14)29-3/h6-7,9-12H,5,8,13H2,1-4H3. The molecule has 31 heavy (non-hydrogen) atoms. The summed E-state index contributed by atoms with van der Waals surface area (Å²) in [6, 6.07) is 11.0. The van der Waals surface area contributed by atoms with Gasteiger partial charge in [-0.15, -0.1) is 0 Å². The molecule has 0 saturated carbocycles. The summed E-state index contributed by atoms with van der Waals surface area (Å²) >= 11 is 6.27. The van der Waals surface area contributed by atoms with Crippen molar-refractivity contribution in [1.29, 1.82) is 0 Å². The zero-order valence-electron chi connectivity index (χ0n) is 17.9. The maximum Gasteiger partial charge on any atom is 0.306 e. The molecule has 1 aromatic heterocycles. The zero-order chi connectivity index (χ0) is 22.4. The third kappa shape index (κ3) is 5.30. The van der Waals surface area contributed by atoms with E-state index in [-0.39, 0.29) is 24.2 Å². The molecule has 0 unspecified atom stereocenters. The van der Waals surface area contributed by atoms with Crippen molar-refractivity contribution in [3.8, 4) is 23.0 Å². The Morgan fingerprint density at radius 1 is 0.935 bits per heavy atom. The van der Waals surface area contributed by atoms with Gasteiger partial charge in [-0.1, -0.05) is 11.6 Å². The van der Waals surface area contributed by atoms with E-state index in [2.05, 4.69) is 4.98 Å². The lowest BCUT2D eigenvalue weighted by Gasteiger charge is -2.14. The Morgan fingerprint density at radius 3 is 2.26 bits per heavy atom. The lowest BCUT2D eigenvalue weighted by atomic mass is 10.1. The van der Waals surface area contributed by atoms with Crippen molar-refractivity contribution in [3.05, 3.63) is 52.7 Å². The lowest BCUT2D eigenvalue weighted by molar-refractivity contribution is -0.144. The van der Waals surface area contributed by atoms with Gasteiger partial charge in [-0.25, -0.2) is 4.98 Å². The largest absolute Gasteiger partial charge is 0.497 e. The monoisotopic (exact) mass is 445 g/mol. The Morgan fingerprint density at radius 2 is 1.65 bits per heavy atom. The number of aryl methyl sites for hydroxylation is 1. The second-order valence-electron chi connectivity index (χ2n) is 6.69. The van der Waals surface area contributed by atoms with Crippen LogP contribution in [-0.2, 0) is 22.6 Å². The molecule has 0 aliphatic rings. The Kier molecular flexibility index (Phi) is 7.41. The molecule has 0 N–H and O–H groups in total. The number of methoxy groups -OCH3 is 4. The van der Waals surface area contributed by atoms with E-state index in [9.17, 15) is 4.79 Å². The van der Waals surface area contributed by atoms with Crippen molar-refractivity contribution in [2.24, 2.45) is 0 Å². The maximum absolute atomic E-state index is 12.3. The molecular formula is C23H24ClNO6. The summed E-state index contributed by atoms with van der Waals surface area (Å²) in [7, 11) is 6.23. The van der Waals surface area contributed by atoms with Crippen LogP contribution < -0.4 is 18.9 Å². The van der Waals surface area contributed by atoms with E-state index in [4.69, 9.17) is 35.3 Å². The first-order valence-electron chi connectivity index (χ1n) is 9.56. The number of carbonyl (C=O) groups is 1. The van der Waals surface area contributed by atoms with Gasteiger partial charge in [0.15, 0.2) is 11.5 Å². The van der Waals surface area contributed by atoms with Gasteiger partial charge in [-0.3, -0.25) is 4.79 Å². The third-order valence-electron chi connectivity index (χ3n) is 4.78. The number of esters is 1. The molecule has 8 heteroatoms. The van der Waals surface area contributed by atoms with Crippen molar-refractivity contribution >= 4 is 28.5 Å². The average Bonchev–Trinajstić information content (AvgIpc) is 2.79.